The Hall–Kier alpha value is -2.44. The minimum absolute atomic E-state index is 0.0130. The maximum Gasteiger partial charge on any atom is 0.317 e. The molecular formula is C22H26ClN3O3. The smallest absolute Gasteiger partial charge is 0.317 e. The molecule has 4 rings (SSSR count). The van der Waals surface area contributed by atoms with Crippen molar-refractivity contribution in [3.8, 4) is 11.5 Å². The van der Waals surface area contributed by atoms with Crippen LogP contribution in [0.5, 0.6) is 11.5 Å². The van der Waals surface area contributed by atoms with E-state index in [0.29, 0.717) is 6.54 Å². The topological polar surface area (TPSA) is 54.0 Å². The average molecular weight is 416 g/mol. The minimum Gasteiger partial charge on any atom is -0.454 e. The third-order valence-electron chi connectivity index (χ3n) is 5.32. The number of benzene rings is 2. The van der Waals surface area contributed by atoms with E-state index in [1.54, 1.807) is 0 Å². The second-order valence-electron chi connectivity index (χ2n) is 7.41. The van der Waals surface area contributed by atoms with Gasteiger partial charge in [0.15, 0.2) is 11.5 Å². The van der Waals surface area contributed by atoms with Crippen LogP contribution < -0.4 is 14.8 Å². The van der Waals surface area contributed by atoms with Crippen molar-refractivity contribution in [2.24, 2.45) is 0 Å². The lowest BCUT2D eigenvalue weighted by Crippen LogP contribution is -2.42. The zero-order chi connectivity index (χ0) is 20.1. The second-order valence-corrected chi connectivity index (χ2v) is 7.85. The maximum absolute atomic E-state index is 12.6. The van der Waals surface area contributed by atoms with Crippen LogP contribution in [-0.4, -0.2) is 55.3 Å². The summed E-state index contributed by atoms with van der Waals surface area (Å²) in [5, 5.41) is 3.81. The fourth-order valence-electron chi connectivity index (χ4n) is 3.70. The molecule has 0 radical (unpaired) electrons. The maximum atomic E-state index is 12.6. The van der Waals surface area contributed by atoms with Crippen LogP contribution in [-0.2, 0) is 13.0 Å². The van der Waals surface area contributed by atoms with Crippen molar-refractivity contribution in [2.45, 2.75) is 19.4 Å². The summed E-state index contributed by atoms with van der Waals surface area (Å²) in [6.07, 6.45) is 1.74. The molecule has 1 fully saturated rings. The van der Waals surface area contributed by atoms with Crippen LogP contribution in [0.3, 0.4) is 0 Å². The van der Waals surface area contributed by atoms with Crippen molar-refractivity contribution in [1.29, 1.82) is 0 Å². The molecule has 2 aliphatic rings. The first-order chi connectivity index (χ1) is 14.2. The normalized spacial score (nSPS) is 16.5. The largest absolute Gasteiger partial charge is 0.454 e. The highest BCUT2D eigenvalue weighted by Crippen LogP contribution is 2.32. The van der Waals surface area contributed by atoms with Crippen molar-refractivity contribution in [1.82, 2.24) is 15.1 Å². The minimum atomic E-state index is 0.0130. The van der Waals surface area contributed by atoms with E-state index in [4.69, 9.17) is 21.1 Å². The SMILES string of the molecule is O=C(NCCc1ccc2c(c1)OCO2)N1CCCN(Cc2ccc(Cl)cc2)CC1. The van der Waals surface area contributed by atoms with Crippen LogP contribution in [0.15, 0.2) is 42.5 Å². The van der Waals surface area contributed by atoms with Crippen LogP contribution in [0.4, 0.5) is 4.79 Å². The van der Waals surface area contributed by atoms with Crippen LogP contribution in [0.2, 0.25) is 5.02 Å². The highest BCUT2D eigenvalue weighted by molar-refractivity contribution is 6.30. The van der Waals surface area contributed by atoms with Crippen molar-refractivity contribution >= 4 is 17.6 Å². The molecule has 0 bridgehead atoms. The predicted molar refractivity (Wildman–Crippen MR) is 113 cm³/mol. The van der Waals surface area contributed by atoms with Gasteiger partial charge in [0.25, 0.3) is 0 Å². The molecule has 2 amide bonds. The van der Waals surface area contributed by atoms with E-state index in [1.807, 2.05) is 35.2 Å². The lowest BCUT2D eigenvalue weighted by molar-refractivity contribution is 0.174. The molecule has 29 heavy (non-hydrogen) atoms. The summed E-state index contributed by atoms with van der Waals surface area (Å²) in [5.41, 5.74) is 2.37. The van der Waals surface area contributed by atoms with E-state index in [9.17, 15) is 4.79 Å². The van der Waals surface area contributed by atoms with E-state index < -0.39 is 0 Å². The first kappa shape index (κ1) is 19.9. The average Bonchev–Trinajstić information content (AvgIpc) is 3.07. The fourth-order valence-corrected chi connectivity index (χ4v) is 3.83. The molecular weight excluding hydrogens is 390 g/mol. The van der Waals surface area contributed by atoms with Crippen molar-refractivity contribution in [3.05, 3.63) is 58.6 Å². The van der Waals surface area contributed by atoms with Gasteiger partial charge in [-0.25, -0.2) is 4.79 Å². The summed E-state index contributed by atoms with van der Waals surface area (Å²) >= 11 is 5.96. The van der Waals surface area contributed by atoms with Gasteiger partial charge < -0.3 is 19.7 Å². The first-order valence-electron chi connectivity index (χ1n) is 10.1. The van der Waals surface area contributed by atoms with Crippen molar-refractivity contribution in [2.75, 3.05) is 39.5 Å². The van der Waals surface area contributed by atoms with Crippen LogP contribution >= 0.6 is 11.6 Å². The van der Waals surface area contributed by atoms with E-state index in [2.05, 4.69) is 22.3 Å². The molecule has 0 atom stereocenters. The Morgan fingerprint density at radius 3 is 2.62 bits per heavy atom. The van der Waals surface area contributed by atoms with Crippen molar-refractivity contribution in [3.63, 3.8) is 0 Å². The van der Waals surface area contributed by atoms with Gasteiger partial charge in [-0.05, 0) is 48.2 Å². The summed E-state index contributed by atoms with van der Waals surface area (Å²) in [7, 11) is 0. The first-order valence-corrected chi connectivity index (χ1v) is 10.4. The van der Waals surface area contributed by atoms with Gasteiger partial charge >= 0.3 is 6.03 Å². The Balaban J connectivity index is 1.21. The summed E-state index contributed by atoms with van der Waals surface area (Å²) in [6.45, 7) is 5.15. The summed E-state index contributed by atoms with van der Waals surface area (Å²) in [5.74, 6) is 1.56. The zero-order valence-electron chi connectivity index (χ0n) is 16.4. The highest BCUT2D eigenvalue weighted by atomic mass is 35.5. The quantitative estimate of drug-likeness (QED) is 0.811. The lowest BCUT2D eigenvalue weighted by Gasteiger charge is -2.22. The van der Waals surface area contributed by atoms with Gasteiger partial charge in [-0.3, -0.25) is 4.90 Å². The highest BCUT2D eigenvalue weighted by Gasteiger charge is 2.19. The molecule has 1 N–H and O–H groups in total. The molecule has 0 aromatic heterocycles. The molecule has 6 nitrogen and oxygen atoms in total. The number of rotatable bonds is 5. The molecule has 0 saturated carbocycles. The molecule has 2 heterocycles. The Kier molecular flexibility index (Phi) is 6.42. The number of hydrogen-bond acceptors (Lipinski definition) is 4. The van der Waals surface area contributed by atoms with Crippen molar-refractivity contribution < 1.29 is 14.3 Å². The number of halogens is 1. The van der Waals surface area contributed by atoms with Gasteiger partial charge in [-0.15, -0.1) is 0 Å². The summed E-state index contributed by atoms with van der Waals surface area (Å²) in [6, 6.07) is 13.9. The number of ether oxygens (including phenoxy) is 2. The molecule has 0 aliphatic carbocycles. The molecule has 2 aliphatic heterocycles. The number of nitrogens with zero attached hydrogens (tertiary/aromatic N) is 2. The Labute approximate surface area is 176 Å². The number of urea groups is 1. The Morgan fingerprint density at radius 1 is 0.966 bits per heavy atom. The number of hydrogen-bond donors (Lipinski definition) is 1. The van der Waals surface area contributed by atoms with Crippen LogP contribution in [0.25, 0.3) is 0 Å². The summed E-state index contributed by atoms with van der Waals surface area (Å²) < 4.78 is 10.7. The number of carbonyl (C=O) groups excluding carboxylic acids is 1. The predicted octanol–water partition coefficient (Wildman–Crippen LogP) is 3.53. The molecule has 2 aromatic carbocycles. The molecule has 2 aromatic rings. The number of carbonyl (C=O) groups is 1. The van der Waals surface area contributed by atoms with E-state index in [1.165, 1.54) is 5.56 Å². The van der Waals surface area contributed by atoms with Gasteiger partial charge in [0.1, 0.15) is 0 Å². The molecule has 7 heteroatoms. The fraction of sp³-hybridized carbons (Fsp3) is 0.409. The van der Waals surface area contributed by atoms with Crippen LogP contribution in [0.1, 0.15) is 17.5 Å². The van der Waals surface area contributed by atoms with Gasteiger partial charge in [0.05, 0.1) is 0 Å². The molecule has 1 saturated heterocycles. The second kappa shape index (κ2) is 9.37. The van der Waals surface area contributed by atoms with Gasteiger partial charge in [-0.1, -0.05) is 29.8 Å². The Morgan fingerprint density at radius 2 is 1.76 bits per heavy atom. The standard InChI is InChI=1S/C22H26ClN3O3/c23-19-5-2-18(3-6-19)15-25-10-1-11-26(13-12-25)22(27)24-9-8-17-4-7-20-21(14-17)29-16-28-20/h2-7,14H,1,8-13,15-16H2,(H,24,27). The van der Waals surface area contributed by atoms with Crippen LogP contribution in [0, 0.1) is 0 Å². The Bertz CT molecular complexity index is 844. The third-order valence-corrected chi connectivity index (χ3v) is 5.57. The van der Waals surface area contributed by atoms with E-state index in [-0.39, 0.29) is 12.8 Å². The number of fused-ring (bicyclic) bond motifs is 1. The monoisotopic (exact) mass is 415 g/mol. The number of amides is 2. The third kappa shape index (κ3) is 5.34. The molecule has 0 spiro atoms. The zero-order valence-corrected chi connectivity index (χ0v) is 17.2. The van der Waals surface area contributed by atoms with Gasteiger partial charge in [-0.2, -0.15) is 0 Å². The van der Waals surface area contributed by atoms with E-state index in [0.717, 1.165) is 67.7 Å². The van der Waals surface area contributed by atoms with E-state index >= 15 is 0 Å². The molecule has 154 valence electrons. The van der Waals surface area contributed by atoms with Gasteiger partial charge in [0.2, 0.25) is 6.79 Å². The lowest BCUT2D eigenvalue weighted by atomic mass is 10.1. The van der Waals surface area contributed by atoms with Gasteiger partial charge in [0, 0.05) is 44.3 Å². The number of nitrogens with one attached hydrogen (secondary N) is 1. The summed E-state index contributed by atoms with van der Waals surface area (Å²) in [4.78, 5) is 16.9. The molecule has 0 unspecified atom stereocenters.